The van der Waals surface area contributed by atoms with E-state index in [4.69, 9.17) is 27.9 Å². The quantitative estimate of drug-likeness (QED) is 0.619. The summed E-state index contributed by atoms with van der Waals surface area (Å²) in [5, 5.41) is 4.13. The van der Waals surface area contributed by atoms with E-state index in [1.54, 1.807) is 43.3 Å². The van der Waals surface area contributed by atoms with Crippen molar-refractivity contribution in [2.24, 2.45) is 0 Å². The molecule has 0 aromatic heterocycles. The van der Waals surface area contributed by atoms with E-state index >= 15 is 0 Å². The van der Waals surface area contributed by atoms with Gasteiger partial charge in [-0.05, 0) is 62.2 Å². The highest BCUT2D eigenvalue weighted by atomic mass is 35.5. The van der Waals surface area contributed by atoms with Gasteiger partial charge < -0.3 is 15.0 Å². The van der Waals surface area contributed by atoms with Crippen molar-refractivity contribution in [3.05, 3.63) is 64.1 Å². The molecule has 2 aromatic rings. The molecule has 0 aliphatic rings. The standard InChI is InChI=1S/C22H26Cl2N2O3/c1-4-15(2)25-22(28)16(3)26(13-17-5-7-18(23)8-6-17)21(27)14-29-20-11-9-19(24)10-12-20/h5-12,15-16H,4,13-14H2,1-3H3,(H,25,28)/t15-,16-/m0/s1. The molecule has 5 nitrogen and oxygen atoms in total. The van der Waals surface area contributed by atoms with E-state index < -0.39 is 6.04 Å². The van der Waals surface area contributed by atoms with E-state index in [1.807, 2.05) is 26.0 Å². The first-order valence-corrected chi connectivity index (χ1v) is 10.3. The molecule has 156 valence electrons. The molecule has 0 bridgehead atoms. The summed E-state index contributed by atoms with van der Waals surface area (Å²) < 4.78 is 5.59. The summed E-state index contributed by atoms with van der Waals surface area (Å²) in [6, 6.07) is 13.3. The second kappa shape index (κ2) is 11.1. The van der Waals surface area contributed by atoms with Gasteiger partial charge in [-0.2, -0.15) is 0 Å². The molecule has 1 N–H and O–H groups in total. The summed E-state index contributed by atoms with van der Waals surface area (Å²) >= 11 is 11.8. The average molecular weight is 437 g/mol. The molecule has 0 fully saturated rings. The van der Waals surface area contributed by atoms with Gasteiger partial charge in [0.05, 0.1) is 0 Å². The minimum absolute atomic E-state index is 0.0303. The number of benzene rings is 2. The normalized spacial score (nSPS) is 12.7. The van der Waals surface area contributed by atoms with E-state index in [9.17, 15) is 9.59 Å². The Labute approximate surface area is 181 Å². The topological polar surface area (TPSA) is 58.6 Å². The molecule has 0 aliphatic heterocycles. The average Bonchev–Trinajstić information content (AvgIpc) is 2.72. The van der Waals surface area contributed by atoms with Crippen LogP contribution in [0.15, 0.2) is 48.5 Å². The first-order valence-electron chi connectivity index (χ1n) is 9.52. The highest BCUT2D eigenvalue weighted by molar-refractivity contribution is 6.30. The first-order chi connectivity index (χ1) is 13.8. The molecule has 2 amide bonds. The number of nitrogens with one attached hydrogen (secondary N) is 1. The first kappa shape index (κ1) is 23.0. The summed E-state index contributed by atoms with van der Waals surface area (Å²) in [5.41, 5.74) is 0.873. The number of hydrogen-bond donors (Lipinski definition) is 1. The molecule has 0 heterocycles. The third-order valence-electron chi connectivity index (χ3n) is 4.61. The van der Waals surface area contributed by atoms with E-state index in [0.29, 0.717) is 15.8 Å². The van der Waals surface area contributed by atoms with Crippen molar-refractivity contribution in [2.75, 3.05) is 6.61 Å². The second-order valence-electron chi connectivity index (χ2n) is 6.88. The minimum atomic E-state index is -0.652. The number of hydrogen-bond acceptors (Lipinski definition) is 3. The van der Waals surface area contributed by atoms with Crippen molar-refractivity contribution in [2.45, 2.75) is 45.8 Å². The van der Waals surface area contributed by atoms with Gasteiger partial charge in [0.2, 0.25) is 5.91 Å². The van der Waals surface area contributed by atoms with Gasteiger partial charge in [0.1, 0.15) is 11.8 Å². The molecule has 0 radical (unpaired) electrons. The van der Waals surface area contributed by atoms with Gasteiger partial charge in [0.15, 0.2) is 6.61 Å². The van der Waals surface area contributed by atoms with Crippen LogP contribution in [0.25, 0.3) is 0 Å². The molecule has 0 unspecified atom stereocenters. The lowest BCUT2D eigenvalue weighted by atomic mass is 10.1. The maximum atomic E-state index is 12.9. The number of carbonyl (C=O) groups is 2. The molecular weight excluding hydrogens is 411 g/mol. The van der Waals surface area contributed by atoms with Crippen molar-refractivity contribution in [3.63, 3.8) is 0 Å². The van der Waals surface area contributed by atoms with Gasteiger partial charge in [-0.3, -0.25) is 9.59 Å². The van der Waals surface area contributed by atoms with Crippen LogP contribution in [0.4, 0.5) is 0 Å². The number of carbonyl (C=O) groups excluding carboxylic acids is 2. The highest BCUT2D eigenvalue weighted by Crippen LogP contribution is 2.17. The van der Waals surface area contributed by atoms with Crippen LogP contribution in [-0.4, -0.2) is 35.4 Å². The van der Waals surface area contributed by atoms with Crippen LogP contribution in [0, 0.1) is 0 Å². The molecule has 0 saturated heterocycles. The molecule has 0 saturated carbocycles. The fraction of sp³-hybridized carbons (Fsp3) is 0.364. The van der Waals surface area contributed by atoms with Gasteiger partial charge in [-0.1, -0.05) is 42.3 Å². The maximum absolute atomic E-state index is 12.9. The Hall–Kier alpha value is -2.24. The lowest BCUT2D eigenvalue weighted by Crippen LogP contribution is -2.50. The van der Waals surface area contributed by atoms with Gasteiger partial charge in [-0.25, -0.2) is 0 Å². The summed E-state index contributed by atoms with van der Waals surface area (Å²) in [5.74, 6) is 0.0424. The number of rotatable bonds is 9. The van der Waals surface area contributed by atoms with Crippen LogP contribution in [0.2, 0.25) is 10.0 Å². The Bertz CT molecular complexity index is 810. The summed E-state index contributed by atoms with van der Waals surface area (Å²) in [6.07, 6.45) is 0.809. The molecule has 0 aliphatic carbocycles. The van der Waals surface area contributed by atoms with Crippen molar-refractivity contribution in [1.82, 2.24) is 10.2 Å². The second-order valence-corrected chi connectivity index (χ2v) is 7.76. The van der Waals surface area contributed by atoms with Crippen LogP contribution < -0.4 is 10.1 Å². The molecule has 2 rings (SSSR count). The van der Waals surface area contributed by atoms with Crippen molar-refractivity contribution >= 4 is 35.0 Å². The third-order valence-corrected chi connectivity index (χ3v) is 5.11. The van der Waals surface area contributed by atoms with Crippen LogP contribution in [0.1, 0.15) is 32.8 Å². The molecule has 29 heavy (non-hydrogen) atoms. The molecule has 0 spiro atoms. The maximum Gasteiger partial charge on any atom is 0.261 e. The largest absolute Gasteiger partial charge is 0.484 e. The zero-order valence-electron chi connectivity index (χ0n) is 16.8. The Morgan fingerprint density at radius 2 is 1.55 bits per heavy atom. The Morgan fingerprint density at radius 1 is 1.00 bits per heavy atom. The summed E-state index contributed by atoms with van der Waals surface area (Å²) in [4.78, 5) is 27.1. The Balaban J connectivity index is 2.13. The molecule has 2 atom stereocenters. The van der Waals surface area contributed by atoms with Crippen molar-refractivity contribution in [3.8, 4) is 5.75 Å². The van der Waals surface area contributed by atoms with E-state index in [1.165, 1.54) is 4.90 Å². The molecule has 7 heteroatoms. The van der Waals surface area contributed by atoms with Gasteiger partial charge in [-0.15, -0.1) is 0 Å². The predicted octanol–water partition coefficient (Wildman–Crippen LogP) is 4.70. The van der Waals surface area contributed by atoms with Crippen LogP contribution in [0.3, 0.4) is 0 Å². The number of amides is 2. The lowest BCUT2D eigenvalue weighted by molar-refractivity contribution is -0.142. The zero-order valence-corrected chi connectivity index (χ0v) is 18.3. The summed E-state index contributed by atoms with van der Waals surface area (Å²) in [7, 11) is 0. The zero-order chi connectivity index (χ0) is 21.4. The number of ether oxygens (including phenoxy) is 1. The smallest absolute Gasteiger partial charge is 0.261 e. The predicted molar refractivity (Wildman–Crippen MR) is 116 cm³/mol. The van der Waals surface area contributed by atoms with Crippen molar-refractivity contribution in [1.29, 1.82) is 0 Å². The van der Waals surface area contributed by atoms with Crippen LogP contribution in [-0.2, 0) is 16.1 Å². The van der Waals surface area contributed by atoms with Crippen molar-refractivity contribution < 1.29 is 14.3 Å². The van der Waals surface area contributed by atoms with Crippen LogP contribution in [0.5, 0.6) is 5.75 Å². The van der Waals surface area contributed by atoms with Gasteiger partial charge in [0, 0.05) is 22.6 Å². The lowest BCUT2D eigenvalue weighted by Gasteiger charge is -2.29. The fourth-order valence-corrected chi connectivity index (χ4v) is 2.85. The Morgan fingerprint density at radius 3 is 2.10 bits per heavy atom. The third kappa shape index (κ3) is 7.26. The van der Waals surface area contributed by atoms with E-state index in [-0.39, 0.29) is 31.0 Å². The number of halogens is 2. The fourth-order valence-electron chi connectivity index (χ4n) is 2.59. The van der Waals surface area contributed by atoms with Crippen LogP contribution >= 0.6 is 23.2 Å². The highest BCUT2D eigenvalue weighted by Gasteiger charge is 2.27. The van der Waals surface area contributed by atoms with E-state index in [0.717, 1.165) is 12.0 Å². The SMILES string of the molecule is CC[C@H](C)NC(=O)[C@H](C)N(Cc1ccc(Cl)cc1)C(=O)COc1ccc(Cl)cc1. The summed E-state index contributed by atoms with van der Waals surface area (Å²) in [6.45, 7) is 5.73. The minimum Gasteiger partial charge on any atom is -0.484 e. The van der Waals surface area contributed by atoms with Gasteiger partial charge >= 0.3 is 0 Å². The number of nitrogens with zero attached hydrogens (tertiary/aromatic N) is 1. The van der Waals surface area contributed by atoms with E-state index in [2.05, 4.69) is 5.32 Å². The monoisotopic (exact) mass is 436 g/mol. The molecule has 2 aromatic carbocycles. The van der Waals surface area contributed by atoms with Gasteiger partial charge in [0.25, 0.3) is 5.91 Å². The Kier molecular flexibility index (Phi) is 8.80. The molecular formula is C22H26Cl2N2O3.